The molecular weight excluding hydrogens is 286 g/mol. The summed E-state index contributed by atoms with van der Waals surface area (Å²) in [7, 11) is -1.86. The van der Waals surface area contributed by atoms with Gasteiger partial charge in [0.25, 0.3) is 0 Å². The molecule has 2 unspecified atom stereocenters. The van der Waals surface area contributed by atoms with Gasteiger partial charge in [-0.05, 0) is 36.7 Å². The molecule has 0 N–H and O–H groups in total. The molecule has 0 spiro atoms. The smallest absolute Gasteiger partial charge is 0.192 e. The normalized spacial score (nSPS) is 26.5. The van der Waals surface area contributed by atoms with Crippen molar-refractivity contribution in [2.75, 3.05) is 13.2 Å². The zero-order chi connectivity index (χ0) is 16.1. The topological polar surface area (TPSA) is 76.5 Å². The van der Waals surface area contributed by atoms with Crippen molar-refractivity contribution in [1.82, 2.24) is 0 Å². The Kier molecular flexibility index (Phi) is 6.43. The summed E-state index contributed by atoms with van der Waals surface area (Å²) in [6, 6.07) is -0.350. The quantitative estimate of drug-likeness (QED) is 0.244. The van der Waals surface area contributed by atoms with Gasteiger partial charge in [-0.25, -0.2) is 0 Å². The third kappa shape index (κ3) is 5.12. The molecule has 1 heterocycles. The maximum Gasteiger partial charge on any atom is 0.192 e. The molecule has 0 aromatic rings. The SMILES string of the molecule is CCOC1C=CC(N=[N+]=[N-])[C@@H](CO[Si](C)(C)C(C)(C)C)O1. The molecule has 0 saturated carbocycles. The van der Waals surface area contributed by atoms with Gasteiger partial charge in [0.2, 0.25) is 0 Å². The van der Waals surface area contributed by atoms with Gasteiger partial charge in [0, 0.05) is 11.5 Å². The van der Waals surface area contributed by atoms with Crippen molar-refractivity contribution >= 4 is 8.32 Å². The predicted octanol–water partition coefficient (Wildman–Crippen LogP) is 4.00. The van der Waals surface area contributed by atoms with E-state index in [2.05, 4.69) is 43.9 Å². The van der Waals surface area contributed by atoms with Gasteiger partial charge in [0.1, 0.15) is 0 Å². The molecule has 120 valence electrons. The van der Waals surface area contributed by atoms with Gasteiger partial charge in [-0.2, -0.15) is 0 Å². The van der Waals surface area contributed by atoms with Crippen LogP contribution in [-0.2, 0) is 13.9 Å². The Morgan fingerprint density at radius 1 is 1.33 bits per heavy atom. The van der Waals surface area contributed by atoms with Crippen LogP contribution in [0.15, 0.2) is 17.3 Å². The van der Waals surface area contributed by atoms with Crippen molar-refractivity contribution in [3.8, 4) is 0 Å². The summed E-state index contributed by atoms with van der Waals surface area (Å²) >= 11 is 0. The molecule has 6 nitrogen and oxygen atoms in total. The van der Waals surface area contributed by atoms with Crippen molar-refractivity contribution in [3.63, 3.8) is 0 Å². The summed E-state index contributed by atoms with van der Waals surface area (Å²) in [5.74, 6) is 0. The summed E-state index contributed by atoms with van der Waals surface area (Å²) < 4.78 is 17.5. The minimum absolute atomic E-state index is 0.130. The van der Waals surface area contributed by atoms with Gasteiger partial charge >= 0.3 is 0 Å². The lowest BCUT2D eigenvalue weighted by Crippen LogP contribution is -2.46. The van der Waals surface area contributed by atoms with E-state index < -0.39 is 14.6 Å². The number of rotatable bonds is 6. The lowest BCUT2D eigenvalue weighted by molar-refractivity contribution is -0.156. The molecule has 3 atom stereocenters. The Bertz CT molecular complexity index is 414. The van der Waals surface area contributed by atoms with E-state index in [1.54, 1.807) is 6.08 Å². The van der Waals surface area contributed by atoms with E-state index >= 15 is 0 Å². The maximum absolute atomic E-state index is 8.67. The molecular formula is C14H27N3O3Si. The second-order valence-corrected chi connectivity index (χ2v) is 11.5. The lowest BCUT2D eigenvalue weighted by atomic mass is 10.1. The molecule has 21 heavy (non-hydrogen) atoms. The van der Waals surface area contributed by atoms with Crippen LogP contribution in [0.25, 0.3) is 10.4 Å². The van der Waals surface area contributed by atoms with Gasteiger partial charge in [0.05, 0.1) is 18.8 Å². The molecule has 1 aliphatic heterocycles. The highest BCUT2D eigenvalue weighted by atomic mass is 28.4. The van der Waals surface area contributed by atoms with Crippen LogP contribution in [0.4, 0.5) is 0 Å². The number of azide groups is 1. The van der Waals surface area contributed by atoms with E-state index in [-0.39, 0.29) is 17.2 Å². The molecule has 0 radical (unpaired) electrons. The van der Waals surface area contributed by atoms with E-state index in [1.165, 1.54) is 0 Å². The number of nitrogens with zero attached hydrogens (tertiary/aromatic N) is 3. The first-order chi connectivity index (χ1) is 9.71. The standard InChI is InChI=1S/C14H27N3O3Si/c1-7-18-13-9-8-11(16-17-15)12(20-13)10-19-21(5,6)14(2,3)4/h8-9,11-13H,7,10H2,1-6H3/t11?,12-,13?/m1/s1. The minimum Gasteiger partial charge on any atom is -0.414 e. The Hall–Kier alpha value is -0.853. The molecule has 0 aromatic carbocycles. The first kappa shape index (κ1) is 18.2. The predicted molar refractivity (Wildman–Crippen MR) is 85.5 cm³/mol. The molecule has 1 aliphatic rings. The number of ether oxygens (including phenoxy) is 2. The molecule has 0 aliphatic carbocycles. The first-order valence-electron chi connectivity index (χ1n) is 7.35. The van der Waals surface area contributed by atoms with E-state index in [4.69, 9.17) is 19.4 Å². The average Bonchev–Trinajstić information content (AvgIpc) is 2.38. The van der Waals surface area contributed by atoms with Gasteiger partial charge in [-0.15, -0.1) is 0 Å². The molecule has 0 saturated heterocycles. The van der Waals surface area contributed by atoms with Crippen LogP contribution in [0.2, 0.25) is 18.1 Å². The lowest BCUT2D eigenvalue weighted by Gasteiger charge is -2.38. The summed E-state index contributed by atoms with van der Waals surface area (Å²) in [5, 5.41) is 3.90. The monoisotopic (exact) mass is 313 g/mol. The van der Waals surface area contributed by atoms with Crippen LogP contribution in [0, 0.1) is 0 Å². The maximum atomic E-state index is 8.67. The fourth-order valence-electron chi connectivity index (χ4n) is 1.70. The van der Waals surface area contributed by atoms with Crippen molar-refractivity contribution in [2.24, 2.45) is 5.11 Å². The van der Waals surface area contributed by atoms with Crippen LogP contribution < -0.4 is 0 Å². The minimum atomic E-state index is -1.86. The van der Waals surface area contributed by atoms with Crippen LogP contribution in [-0.4, -0.2) is 40.0 Å². The van der Waals surface area contributed by atoms with Crippen LogP contribution in [0.1, 0.15) is 27.7 Å². The third-order valence-corrected chi connectivity index (χ3v) is 8.59. The molecule has 7 heteroatoms. The number of hydrogen-bond donors (Lipinski definition) is 0. The summed E-state index contributed by atoms with van der Waals surface area (Å²) in [6.45, 7) is 13.8. The van der Waals surface area contributed by atoms with Crippen molar-refractivity contribution in [3.05, 3.63) is 22.6 Å². The molecule has 0 bridgehead atoms. The zero-order valence-electron chi connectivity index (χ0n) is 13.9. The van der Waals surface area contributed by atoms with Gasteiger partial charge in [-0.1, -0.05) is 32.0 Å². The summed E-state index contributed by atoms with van der Waals surface area (Å²) in [6.07, 6.45) is 2.92. The summed E-state index contributed by atoms with van der Waals surface area (Å²) in [5.41, 5.74) is 8.67. The van der Waals surface area contributed by atoms with E-state index in [0.29, 0.717) is 13.2 Å². The van der Waals surface area contributed by atoms with E-state index in [9.17, 15) is 0 Å². The molecule has 1 rings (SSSR count). The fraction of sp³-hybridized carbons (Fsp3) is 0.857. The fourth-order valence-corrected chi connectivity index (χ4v) is 2.72. The van der Waals surface area contributed by atoms with Crippen LogP contribution in [0.3, 0.4) is 0 Å². The second kappa shape index (κ2) is 7.42. The Balaban J connectivity index is 2.73. The Morgan fingerprint density at radius 2 is 2.00 bits per heavy atom. The van der Waals surface area contributed by atoms with E-state index in [1.807, 2.05) is 13.0 Å². The zero-order valence-corrected chi connectivity index (χ0v) is 14.9. The number of hydrogen-bond acceptors (Lipinski definition) is 4. The van der Waals surface area contributed by atoms with Gasteiger partial charge < -0.3 is 13.9 Å². The molecule has 0 amide bonds. The van der Waals surface area contributed by atoms with Crippen molar-refractivity contribution in [2.45, 2.75) is 64.3 Å². The highest BCUT2D eigenvalue weighted by Crippen LogP contribution is 2.37. The Labute approximate surface area is 128 Å². The Morgan fingerprint density at radius 3 is 2.52 bits per heavy atom. The third-order valence-electron chi connectivity index (χ3n) is 4.09. The van der Waals surface area contributed by atoms with Gasteiger partial charge in [0.15, 0.2) is 14.6 Å². The largest absolute Gasteiger partial charge is 0.414 e. The van der Waals surface area contributed by atoms with Gasteiger partial charge in [-0.3, -0.25) is 0 Å². The highest BCUT2D eigenvalue weighted by molar-refractivity contribution is 6.74. The van der Waals surface area contributed by atoms with Crippen LogP contribution in [0.5, 0.6) is 0 Å². The second-order valence-electron chi connectivity index (χ2n) is 6.65. The molecule has 0 aromatic heterocycles. The summed E-state index contributed by atoms with van der Waals surface area (Å²) in [4.78, 5) is 2.88. The van der Waals surface area contributed by atoms with E-state index in [0.717, 1.165) is 0 Å². The average molecular weight is 313 g/mol. The first-order valence-corrected chi connectivity index (χ1v) is 10.3. The van der Waals surface area contributed by atoms with Crippen LogP contribution >= 0.6 is 0 Å². The van der Waals surface area contributed by atoms with Crippen molar-refractivity contribution in [1.29, 1.82) is 0 Å². The molecule has 0 fully saturated rings. The highest BCUT2D eigenvalue weighted by Gasteiger charge is 2.39. The van der Waals surface area contributed by atoms with Crippen molar-refractivity contribution < 1.29 is 13.9 Å².